The number of nitrogens with two attached hydrogens (primary N) is 2. The van der Waals surface area contributed by atoms with E-state index in [2.05, 4.69) is 0 Å². The summed E-state index contributed by atoms with van der Waals surface area (Å²) in [6.07, 6.45) is 0. The maximum atomic E-state index is 11.1. The second-order valence-corrected chi connectivity index (χ2v) is 4.31. The molecule has 0 aromatic heterocycles. The van der Waals surface area contributed by atoms with Crippen LogP contribution in [0.5, 0.6) is 5.75 Å². The van der Waals surface area contributed by atoms with E-state index in [1.54, 1.807) is 0 Å². The van der Waals surface area contributed by atoms with Gasteiger partial charge in [-0.1, -0.05) is 6.07 Å². The van der Waals surface area contributed by atoms with Crippen LogP contribution in [-0.4, -0.2) is 25.1 Å². The van der Waals surface area contributed by atoms with Crippen molar-refractivity contribution in [2.75, 3.05) is 23.8 Å². The van der Waals surface area contributed by atoms with Crippen LogP contribution >= 0.6 is 0 Å². The van der Waals surface area contributed by atoms with Crippen molar-refractivity contribution in [1.29, 1.82) is 0 Å². The summed E-state index contributed by atoms with van der Waals surface area (Å²) in [5, 5.41) is 0. The molecule has 0 spiro atoms. The first-order valence-corrected chi connectivity index (χ1v) is 6.03. The summed E-state index contributed by atoms with van der Waals surface area (Å²) in [6, 6.07) is 5.65. The van der Waals surface area contributed by atoms with Crippen LogP contribution in [0.1, 0.15) is 20.8 Å². The molecule has 0 heterocycles. The maximum absolute atomic E-state index is 11.1. The van der Waals surface area contributed by atoms with Gasteiger partial charge < -0.3 is 21.1 Å². The quantitative estimate of drug-likeness (QED) is 0.748. The predicted octanol–water partition coefficient (Wildman–Crippen LogP) is 1.37. The molecule has 0 aliphatic rings. The first kappa shape index (κ1) is 14.2. The molecule has 0 fully saturated rings. The van der Waals surface area contributed by atoms with E-state index in [-0.39, 0.29) is 18.5 Å². The molecule has 0 atom stereocenters. The van der Waals surface area contributed by atoms with Crippen LogP contribution in [0.25, 0.3) is 0 Å². The SMILES string of the molecule is CCOc1cccc(N(CC(N)=O)C(C)C)c1N. The third kappa shape index (κ3) is 3.29. The Morgan fingerprint density at radius 2 is 2.11 bits per heavy atom. The van der Waals surface area contributed by atoms with Gasteiger partial charge in [0.1, 0.15) is 5.75 Å². The van der Waals surface area contributed by atoms with E-state index < -0.39 is 0 Å². The topological polar surface area (TPSA) is 81.6 Å². The van der Waals surface area contributed by atoms with E-state index in [1.165, 1.54) is 0 Å². The summed E-state index contributed by atoms with van der Waals surface area (Å²) in [4.78, 5) is 13.0. The molecule has 0 saturated carbocycles. The highest BCUT2D eigenvalue weighted by Gasteiger charge is 2.17. The minimum Gasteiger partial charge on any atom is -0.492 e. The molecule has 5 heteroatoms. The van der Waals surface area contributed by atoms with E-state index in [9.17, 15) is 4.79 Å². The van der Waals surface area contributed by atoms with E-state index >= 15 is 0 Å². The fourth-order valence-corrected chi connectivity index (χ4v) is 1.78. The fraction of sp³-hybridized carbons (Fsp3) is 0.462. The van der Waals surface area contributed by atoms with Crippen molar-refractivity contribution >= 4 is 17.3 Å². The molecule has 0 saturated heterocycles. The lowest BCUT2D eigenvalue weighted by atomic mass is 10.2. The number of ether oxygens (including phenoxy) is 1. The van der Waals surface area contributed by atoms with Gasteiger partial charge in [0.25, 0.3) is 0 Å². The molecule has 100 valence electrons. The Morgan fingerprint density at radius 1 is 1.44 bits per heavy atom. The maximum Gasteiger partial charge on any atom is 0.236 e. The zero-order valence-corrected chi connectivity index (χ0v) is 11.1. The molecule has 0 radical (unpaired) electrons. The Kier molecular flexibility index (Phi) is 4.83. The van der Waals surface area contributed by atoms with Crippen LogP contribution in [0.2, 0.25) is 0 Å². The number of benzene rings is 1. The minimum atomic E-state index is -0.384. The molecule has 1 aromatic carbocycles. The zero-order chi connectivity index (χ0) is 13.7. The highest BCUT2D eigenvalue weighted by molar-refractivity contribution is 5.83. The number of amides is 1. The second-order valence-electron chi connectivity index (χ2n) is 4.31. The zero-order valence-electron chi connectivity index (χ0n) is 11.1. The van der Waals surface area contributed by atoms with Crippen LogP contribution in [0.3, 0.4) is 0 Å². The van der Waals surface area contributed by atoms with Crippen LogP contribution in [0, 0.1) is 0 Å². The van der Waals surface area contributed by atoms with E-state index in [4.69, 9.17) is 16.2 Å². The van der Waals surface area contributed by atoms with E-state index in [0.29, 0.717) is 18.0 Å². The number of hydrogen-bond acceptors (Lipinski definition) is 4. The van der Waals surface area contributed by atoms with Crippen molar-refractivity contribution in [3.63, 3.8) is 0 Å². The molecular weight excluding hydrogens is 230 g/mol. The number of primary amides is 1. The molecule has 0 aliphatic carbocycles. The summed E-state index contributed by atoms with van der Waals surface area (Å²) >= 11 is 0. The molecule has 1 amide bonds. The average Bonchev–Trinajstić information content (AvgIpc) is 2.29. The fourth-order valence-electron chi connectivity index (χ4n) is 1.78. The standard InChI is InChI=1S/C13H21N3O2/c1-4-18-11-7-5-6-10(13(11)15)16(9(2)3)8-12(14)17/h5-7,9H,4,8,15H2,1-3H3,(H2,14,17). The number of rotatable bonds is 6. The Labute approximate surface area is 108 Å². The number of carbonyl (C=O) groups excluding carboxylic acids is 1. The number of hydrogen-bond donors (Lipinski definition) is 2. The summed E-state index contributed by atoms with van der Waals surface area (Å²) in [7, 11) is 0. The molecule has 5 nitrogen and oxygen atoms in total. The summed E-state index contributed by atoms with van der Waals surface area (Å²) < 4.78 is 5.44. The summed E-state index contributed by atoms with van der Waals surface area (Å²) in [6.45, 7) is 6.55. The van der Waals surface area contributed by atoms with Crippen molar-refractivity contribution in [3.05, 3.63) is 18.2 Å². The largest absolute Gasteiger partial charge is 0.492 e. The second kappa shape index (κ2) is 6.14. The molecule has 18 heavy (non-hydrogen) atoms. The lowest BCUT2D eigenvalue weighted by Crippen LogP contribution is -2.39. The lowest BCUT2D eigenvalue weighted by molar-refractivity contribution is -0.116. The number of carbonyl (C=O) groups is 1. The van der Waals surface area contributed by atoms with Crippen molar-refractivity contribution in [1.82, 2.24) is 0 Å². The highest BCUT2D eigenvalue weighted by atomic mass is 16.5. The van der Waals surface area contributed by atoms with Gasteiger partial charge in [-0.25, -0.2) is 0 Å². The number of nitrogens with zero attached hydrogens (tertiary/aromatic N) is 1. The van der Waals surface area contributed by atoms with Gasteiger partial charge in [-0.3, -0.25) is 4.79 Å². The van der Waals surface area contributed by atoms with Crippen molar-refractivity contribution in [3.8, 4) is 5.75 Å². The number of nitrogen functional groups attached to an aromatic ring is 1. The normalized spacial score (nSPS) is 10.4. The van der Waals surface area contributed by atoms with Gasteiger partial charge in [0.05, 0.1) is 24.5 Å². The average molecular weight is 251 g/mol. The smallest absolute Gasteiger partial charge is 0.236 e. The Bertz CT molecular complexity index is 419. The van der Waals surface area contributed by atoms with Crippen molar-refractivity contribution < 1.29 is 9.53 Å². The number of para-hydroxylation sites is 1. The third-order valence-corrected chi connectivity index (χ3v) is 2.60. The molecule has 0 aliphatic heterocycles. The number of anilines is 2. The highest BCUT2D eigenvalue weighted by Crippen LogP contribution is 2.33. The van der Waals surface area contributed by atoms with Gasteiger partial charge in [0.2, 0.25) is 5.91 Å². The summed E-state index contributed by atoms with van der Waals surface area (Å²) in [5.41, 5.74) is 12.6. The summed E-state index contributed by atoms with van der Waals surface area (Å²) in [5.74, 6) is 0.245. The van der Waals surface area contributed by atoms with Crippen LogP contribution in [0.15, 0.2) is 18.2 Å². The van der Waals surface area contributed by atoms with Gasteiger partial charge in [0, 0.05) is 6.04 Å². The van der Waals surface area contributed by atoms with Gasteiger partial charge in [-0.15, -0.1) is 0 Å². The predicted molar refractivity (Wildman–Crippen MR) is 73.7 cm³/mol. The third-order valence-electron chi connectivity index (χ3n) is 2.60. The van der Waals surface area contributed by atoms with Gasteiger partial charge >= 0.3 is 0 Å². The molecule has 1 rings (SSSR count). The lowest BCUT2D eigenvalue weighted by Gasteiger charge is -2.29. The van der Waals surface area contributed by atoms with E-state index in [0.717, 1.165) is 5.69 Å². The Hall–Kier alpha value is -1.91. The van der Waals surface area contributed by atoms with Crippen LogP contribution in [-0.2, 0) is 4.79 Å². The molecular formula is C13H21N3O2. The molecule has 0 unspecified atom stereocenters. The van der Waals surface area contributed by atoms with Gasteiger partial charge in [0.15, 0.2) is 0 Å². The van der Waals surface area contributed by atoms with Crippen molar-refractivity contribution in [2.45, 2.75) is 26.8 Å². The monoisotopic (exact) mass is 251 g/mol. The van der Waals surface area contributed by atoms with E-state index in [1.807, 2.05) is 43.9 Å². The van der Waals surface area contributed by atoms with Crippen molar-refractivity contribution in [2.24, 2.45) is 5.73 Å². The first-order chi connectivity index (χ1) is 8.47. The Balaban J connectivity index is 3.11. The molecule has 4 N–H and O–H groups in total. The molecule has 0 bridgehead atoms. The first-order valence-electron chi connectivity index (χ1n) is 6.03. The van der Waals surface area contributed by atoms with Gasteiger partial charge in [-0.05, 0) is 32.9 Å². The van der Waals surface area contributed by atoms with Gasteiger partial charge in [-0.2, -0.15) is 0 Å². The van der Waals surface area contributed by atoms with Crippen LogP contribution < -0.4 is 21.1 Å². The minimum absolute atomic E-state index is 0.122. The molecule has 1 aromatic rings. The van der Waals surface area contributed by atoms with Crippen LogP contribution in [0.4, 0.5) is 11.4 Å². The Morgan fingerprint density at radius 3 is 2.61 bits per heavy atom.